The number of hydrogen-bond acceptors (Lipinski definition) is 4. The zero-order valence-corrected chi connectivity index (χ0v) is 10.7. The summed E-state index contributed by atoms with van der Waals surface area (Å²) in [5, 5.41) is 10.5. The standard InChI is InChI=1S/C12H16O4S/c1-9(7-15-2)16-8-11-10(5-6-17-11)3-4-12(13)14/h3-6,9H,7-8H2,1-2H3,(H,13,14). The number of carboxylic acid groups (broad SMARTS) is 1. The summed E-state index contributed by atoms with van der Waals surface area (Å²) in [7, 11) is 1.63. The van der Waals surface area contributed by atoms with Gasteiger partial charge >= 0.3 is 5.97 Å². The van der Waals surface area contributed by atoms with Gasteiger partial charge in [-0.2, -0.15) is 0 Å². The second kappa shape index (κ2) is 7.21. The Morgan fingerprint density at radius 3 is 3.06 bits per heavy atom. The average molecular weight is 256 g/mol. The smallest absolute Gasteiger partial charge is 0.328 e. The van der Waals surface area contributed by atoms with Crippen LogP contribution in [-0.4, -0.2) is 30.9 Å². The summed E-state index contributed by atoms with van der Waals surface area (Å²) in [4.78, 5) is 11.4. The van der Waals surface area contributed by atoms with Gasteiger partial charge < -0.3 is 14.6 Å². The number of aliphatic carboxylic acids is 1. The summed E-state index contributed by atoms with van der Waals surface area (Å²) in [6.07, 6.45) is 2.74. The van der Waals surface area contributed by atoms with E-state index in [1.54, 1.807) is 24.5 Å². The fourth-order valence-corrected chi connectivity index (χ4v) is 2.07. The summed E-state index contributed by atoms with van der Waals surface area (Å²) >= 11 is 1.55. The molecule has 0 radical (unpaired) electrons. The van der Waals surface area contributed by atoms with E-state index in [1.807, 2.05) is 18.4 Å². The van der Waals surface area contributed by atoms with Crippen molar-refractivity contribution in [2.45, 2.75) is 19.6 Å². The first kappa shape index (κ1) is 13.9. The summed E-state index contributed by atoms with van der Waals surface area (Å²) in [5.74, 6) is -0.948. The lowest BCUT2D eigenvalue weighted by Crippen LogP contribution is -2.14. The van der Waals surface area contributed by atoms with Crippen LogP contribution in [0.2, 0.25) is 0 Å². The Kier molecular flexibility index (Phi) is 5.90. The van der Waals surface area contributed by atoms with Crippen molar-refractivity contribution in [1.29, 1.82) is 0 Å². The van der Waals surface area contributed by atoms with Gasteiger partial charge in [0.15, 0.2) is 0 Å². The van der Waals surface area contributed by atoms with E-state index >= 15 is 0 Å². The van der Waals surface area contributed by atoms with Crippen LogP contribution in [0.4, 0.5) is 0 Å². The third-order valence-corrected chi connectivity index (χ3v) is 3.00. The van der Waals surface area contributed by atoms with Gasteiger partial charge in [-0.25, -0.2) is 4.79 Å². The molecule has 0 saturated heterocycles. The van der Waals surface area contributed by atoms with Crippen LogP contribution in [0, 0.1) is 0 Å². The van der Waals surface area contributed by atoms with Gasteiger partial charge in [-0.1, -0.05) is 0 Å². The molecule has 0 aliphatic carbocycles. The highest BCUT2D eigenvalue weighted by Crippen LogP contribution is 2.20. The molecule has 1 atom stereocenters. The van der Waals surface area contributed by atoms with Crippen LogP contribution in [0.25, 0.3) is 6.08 Å². The van der Waals surface area contributed by atoms with E-state index in [0.29, 0.717) is 13.2 Å². The molecule has 0 saturated carbocycles. The average Bonchev–Trinajstić information content (AvgIpc) is 2.71. The van der Waals surface area contributed by atoms with Gasteiger partial charge in [0.2, 0.25) is 0 Å². The highest BCUT2D eigenvalue weighted by molar-refractivity contribution is 7.10. The van der Waals surface area contributed by atoms with E-state index in [9.17, 15) is 4.79 Å². The number of thiophene rings is 1. The first-order valence-corrected chi connectivity index (χ1v) is 6.09. The Labute approximate surface area is 104 Å². The predicted octanol–water partition coefficient (Wildman–Crippen LogP) is 2.40. The molecular formula is C12H16O4S. The molecule has 4 nitrogen and oxygen atoms in total. The summed E-state index contributed by atoms with van der Waals surface area (Å²) < 4.78 is 10.5. The molecule has 1 aromatic heterocycles. The highest BCUT2D eigenvalue weighted by atomic mass is 32.1. The Balaban J connectivity index is 2.54. The van der Waals surface area contributed by atoms with Crippen LogP contribution in [0.15, 0.2) is 17.5 Å². The van der Waals surface area contributed by atoms with Crippen molar-refractivity contribution < 1.29 is 19.4 Å². The van der Waals surface area contributed by atoms with Crippen LogP contribution in [0.1, 0.15) is 17.4 Å². The molecule has 0 aliphatic rings. The molecule has 0 fully saturated rings. The predicted molar refractivity (Wildman–Crippen MR) is 67.1 cm³/mol. The number of carboxylic acids is 1. The molecule has 5 heteroatoms. The number of carbonyl (C=O) groups is 1. The van der Waals surface area contributed by atoms with Crippen molar-refractivity contribution in [2.24, 2.45) is 0 Å². The van der Waals surface area contributed by atoms with Crippen molar-refractivity contribution in [3.05, 3.63) is 28.0 Å². The van der Waals surface area contributed by atoms with Gasteiger partial charge in [0.25, 0.3) is 0 Å². The first-order valence-electron chi connectivity index (χ1n) is 5.21. The van der Waals surface area contributed by atoms with E-state index in [2.05, 4.69) is 0 Å². The molecule has 0 spiro atoms. The van der Waals surface area contributed by atoms with Crippen molar-refractivity contribution in [1.82, 2.24) is 0 Å². The fourth-order valence-electron chi connectivity index (χ4n) is 1.28. The van der Waals surface area contributed by atoms with Crippen molar-refractivity contribution in [2.75, 3.05) is 13.7 Å². The van der Waals surface area contributed by atoms with Crippen LogP contribution < -0.4 is 0 Å². The molecule has 0 aromatic carbocycles. The zero-order valence-electron chi connectivity index (χ0n) is 9.88. The summed E-state index contributed by atoms with van der Waals surface area (Å²) in [6, 6.07) is 1.88. The SMILES string of the molecule is COCC(C)OCc1sccc1C=CC(=O)O. The monoisotopic (exact) mass is 256 g/mol. The van der Waals surface area contributed by atoms with Gasteiger partial charge in [0.05, 0.1) is 19.3 Å². The number of rotatable bonds is 7. The normalized spacial score (nSPS) is 13.1. The lowest BCUT2D eigenvalue weighted by molar-refractivity contribution is -0.131. The first-order chi connectivity index (χ1) is 8.13. The molecule has 1 N–H and O–H groups in total. The number of methoxy groups -OCH3 is 1. The molecule has 1 rings (SSSR count). The molecule has 0 bridgehead atoms. The van der Waals surface area contributed by atoms with Gasteiger partial charge in [-0.3, -0.25) is 0 Å². The second-order valence-corrected chi connectivity index (χ2v) is 4.55. The lowest BCUT2D eigenvalue weighted by atomic mass is 10.2. The minimum Gasteiger partial charge on any atom is -0.478 e. The van der Waals surface area contributed by atoms with Crippen LogP contribution in [0.5, 0.6) is 0 Å². The Morgan fingerprint density at radius 1 is 1.65 bits per heavy atom. The minimum atomic E-state index is -0.948. The number of ether oxygens (including phenoxy) is 2. The van der Waals surface area contributed by atoms with Crippen molar-refractivity contribution in [3.63, 3.8) is 0 Å². The molecule has 1 aromatic rings. The highest BCUT2D eigenvalue weighted by Gasteiger charge is 2.06. The summed E-state index contributed by atoms with van der Waals surface area (Å²) in [5.41, 5.74) is 0.891. The summed E-state index contributed by atoms with van der Waals surface area (Å²) in [6.45, 7) is 2.96. The zero-order chi connectivity index (χ0) is 12.7. The van der Waals surface area contributed by atoms with E-state index in [1.165, 1.54) is 0 Å². The minimum absolute atomic E-state index is 0.0263. The third kappa shape index (κ3) is 5.12. The van der Waals surface area contributed by atoms with Crippen molar-refractivity contribution >= 4 is 23.4 Å². The molecule has 17 heavy (non-hydrogen) atoms. The van der Waals surface area contributed by atoms with E-state index in [0.717, 1.165) is 16.5 Å². The third-order valence-electron chi connectivity index (χ3n) is 2.09. The van der Waals surface area contributed by atoms with Gasteiger partial charge in [-0.15, -0.1) is 11.3 Å². The maximum Gasteiger partial charge on any atom is 0.328 e. The Bertz CT molecular complexity index is 384. The van der Waals surface area contributed by atoms with Crippen molar-refractivity contribution in [3.8, 4) is 0 Å². The Hall–Kier alpha value is -1.17. The van der Waals surface area contributed by atoms with E-state index in [4.69, 9.17) is 14.6 Å². The Morgan fingerprint density at radius 2 is 2.41 bits per heavy atom. The van der Waals surface area contributed by atoms with Crippen LogP contribution >= 0.6 is 11.3 Å². The van der Waals surface area contributed by atoms with Gasteiger partial charge in [-0.05, 0) is 30.0 Å². The van der Waals surface area contributed by atoms with Crippen LogP contribution in [0.3, 0.4) is 0 Å². The molecule has 1 unspecified atom stereocenters. The number of hydrogen-bond donors (Lipinski definition) is 1. The molecular weight excluding hydrogens is 240 g/mol. The maximum atomic E-state index is 10.4. The van der Waals surface area contributed by atoms with Crippen LogP contribution in [-0.2, 0) is 20.9 Å². The fraction of sp³-hybridized carbons (Fsp3) is 0.417. The van der Waals surface area contributed by atoms with Gasteiger partial charge in [0.1, 0.15) is 0 Å². The largest absolute Gasteiger partial charge is 0.478 e. The second-order valence-electron chi connectivity index (χ2n) is 3.55. The van der Waals surface area contributed by atoms with E-state index < -0.39 is 5.97 Å². The molecule has 1 heterocycles. The lowest BCUT2D eigenvalue weighted by Gasteiger charge is -2.11. The quantitative estimate of drug-likeness (QED) is 0.761. The topological polar surface area (TPSA) is 55.8 Å². The maximum absolute atomic E-state index is 10.4. The van der Waals surface area contributed by atoms with Gasteiger partial charge in [0, 0.05) is 18.1 Å². The van der Waals surface area contributed by atoms with E-state index in [-0.39, 0.29) is 6.10 Å². The molecule has 0 aliphatic heterocycles. The molecule has 0 amide bonds. The molecule has 94 valence electrons.